The Morgan fingerprint density at radius 3 is 2.73 bits per heavy atom. The van der Waals surface area contributed by atoms with E-state index in [2.05, 4.69) is 5.32 Å². The van der Waals surface area contributed by atoms with Crippen molar-refractivity contribution in [3.63, 3.8) is 0 Å². The van der Waals surface area contributed by atoms with Crippen LogP contribution in [0, 0.1) is 5.92 Å². The molecule has 0 spiro atoms. The molecule has 2 unspecified atom stereocenters. The Balaban J connectivity index is 2.35. The first-order valence-electron chi connectivity index (χ1n) is 5.63. The molecule has 1 saturated carbocycles. The molecule has 1 rings (SSSR count). The topological polar surface area (TPSA) is 29.1 Å². The average molecular weight is 219 g/mol. The summed E-state index contributed by atoms with van der Waals surface area (Å²) in [7, 11) is 0. The van der Waals surface area contributed by atoms with Crippen molar-refractivity contribution >= 4 is 5.91 Å². The lowest BCUT2D eigenvalue weighted by molar-refractivity contribution is -0.126. The Morgan fingerprint density at radius 1 is 1.60 bits per heavy atom. The van der Waals surface area contributed by atoms with Gasteiger partial charge in [0.15, 0.2) is 0 Å². The van der Waals surface area contributed by atoms with E-state index in [1.807, 2.05) is 13.8 Å². The highest BCUT2D eigenvalue weighted by Gasteiger charge is 2.42. The smallest absolute Gasteiger partial charge is 0.248 e. The molecule has 0 aromatic rings. The third kappa shape index (κ3) is 3.76. The third-order valence-electron chi connectivity index (χ3n) is 2.88. The van der Waals surface area contributed by atoms with Crippen molar-refractivity contribution in [2.24, 2.45) is 5.92 Å². The minimum atomic E-state index is -2.63. The SMILES string of the molecule is CCCC(C)NC(=O)C1CCC(F)(F)C1. The first kappa shape index (κ1) is 12.4. The van der Waals surface area contributed by atoms with Gasteiger partial charge in [0.25, 0.3) is 0 Å². The fraction of sp³-hybridized carbons (Fsp3) is 0.909. The van der Waals surface area contributed by atoms with Crippen LogP contribution in [0.4, 0.5) is 8.78 Å². The Labute approximate surface area is 89.4 Å². The maximum Gasteiger partial charge on any atom is 0.248 e. The number of alkyl halides is 2. The molecule has 1 amide bonds. The van der Waals surface area contributed by atoms with Crippen LogP contribution in [0.2, 0.25) is 0 Å². The standard InChI is InChI=1S/C11H19F2NO/c1-3-4-8(2)14-10(15)9-5-6-11(12,13)7-9/h8-9H,3-7H2,1-2H3,(H,14,15). The summed E-state index contributed by atoms with van der Waals surface area (Å²) < 4.78 is 25.7. The second kappa shape index (κ2) is 4.90. The van der Waals surface area contributed by atoms with Crippen LogP contribution in [0.15, 0.2) is 0 Å². The molecular formula is C11H19F2NO. The van der Waals surface area contributed by atoms with E-state index < -0.39 is 11.8 Å². The van der Waals surface area contributed by atoms with E-state index in [0.29, 0.717) is 6.42 Å². The molecule has 0 bridgehead atoms. The van der Waals surface area contributed by atoms with Gasteiger partial charge in [0.1, 0.15) is 0 Å². The highest BCUT2D eigenvalue weighted by molar-refractivity contribution is 5.79. The Kier molecular flexibility index (Phi) is 4.05. The summed E-state index contributed by atoms with van der Waals surface area (Å²) in [6, 6.07) is 0.0942. The van der Waals surface area contributed by atoms with Crippen LogP contribution in [0.1, 0.15) is 46.0 Å². The van der Waals surface area contributed by atoms with Crippen LogP contribution < -0.4 is 5.32 Å². The third-order valence-corrected chi connectivity index (χ3v) is 2.88. The molecule has 4 heteroatoms. The monoisotopic (exact) mass is 219 g/mol. The number of nitrogens with one attached hydrogen (secondary N) is 1. The lowest BCUT2D eigenvalue weighted by Crippen LogP contribution is -2.36. The van der Waals surface area contributed by atoms with Crippen molar-refractivity contribution in [3.05, 3.63) is 0 Å². The molecule has 0 saturated heterocycles. The fourth-order valence-corrected chi connectivity index (χ4v) is 2.04. The van der Waals surface area contributed by atoms with Crippen LogP contribution in [0.3, 0.4) is 0 Å². The number of hydrogen-bond acceptors (Lipinski definition) is 1. The summed E-state index contributed by atoms with van der Waals surface area (Å²) in [5, 5.41) is 2.79. The quantitative estimate of drug-likeness (QED) is 0.774. The number of carbonyl (C=O) groups is 1. The van der Waals surface area contributed by atoms with Gasteiger partial charge in [-0.3, -0.25) is 4.79 Å². The minimum absolute atomic E-state index is 0.0942. The van der Waals surface area contributed by atoms with Gasteiger partial charge in [0.05, 0.1) is 0 Å². The van der Waals surface area contributed by atoms with Crippen LogP contribution in [0.25, 0.3) is 0 Å². The van der Waals surface area contributed by atoms with Crippen molar-refractivity contribution < 1.29 is 13.6 Å². The van der Waals surface area contributed by atoms with E-state index in [4.69, 9.17) is 0 Å². The van der Waals surface area contributed by atoms with E-state index in [9.17, 15) is 13.6 Å². The van der Waals surface area contributed by atoms with Crippen LogP contribution in [0.5, 0.6) is 0 Å². The number of hydrogen-bond donors (Lipinski definition) is 1. The van der Waals surface area contributed by atoms with Crippen molar-refractivity contribution in [2.45, 2.75) is 57.9 Å². The van der Waals surface area contributed by atoms with Crippen molar-refractivity contribution in [1.82, 2.24) is 5.32 Å². The molecule has 2 nitrogen and oxygen atoms in total. The number of halogens is 2. The van der Waals surface area contributed by atoms with Crippen molar-refractivity contribution in [3.8, 4) is 0 Å². The molecule has 0 radical (unpaired) electrons. The average Bonchev–Trinajstić information content (AvgIpc) is 2.46. The largest absolute Gasteiger partial charge is 0.353 e. The fourth-order valence-electron chi connectivity index (χ4n) is 2.04. The summed E-state index contributed by atoms with van der Waals surface area (Å²) in [4.78, 5) is 11.6. The first-order chi connectivity index (χ1) is 6.94. The second-order valence-corrected chi connectivity index (χ2v) is 4.49. The lowest BCUT2D eigenvalue weighted by Gasteiger charge is -2.16. The summed E-state index contributed by atoms with van der Waals surface area (Å²) in [5.41, 5.74) is 0. The van der Waals surface area contributed by atoms with Gasteiger partial charge in [0.2, 0.25) is 11.8 Å². The normalized spacial score (nSPS) is 26.3. The van der Waals surface area contributed by atoms with E-state index >= 15 is 0 Å². The zero-order chi connectivity index (χ0) is 11.5. The predicted octanol–water partition coefficient (Wildman–Crippen LogP) is 2.73. The maximum absolute atomic E-state index is 12.9. The van der Waals surface area contributed by atoms with Gasteiger partial charge < -0.3 is 5.32 Å². The van der Waals surface area contributed by atoms with Crippen molar-refractivity contribution in [1.29, 1.82) is 0 Å². The molecule has 0 aromatic carbocycles. The van der Waals surface area contributed by atoms with E-state index in [1.54, 1.807) is 0 Å². The molecule has 2 atom stereocenters. The molecule has 1 aliphatic rings. The van der Waals surface area contributed by atoms with Gasteiger partial charge in [-0.25, -0.2) is 8.78 Å². The highest BCUT2D eigenvalue weighted by atomic mass is 19.3. The van der Waals surface area contributed by atoms with Gasteiger partial charge in [-0.1, -0.05) is 13.3 Å². The summed E-state index contributed by atoms with van der Waals surface area (Å²) in [6.07, 6.45) is 1.78. The van der Waals surface area contributed by atoms with Gasteiger partial charge in [0, 0.05) is 24.8 Å². The first-order valence-corrected chi connectivity index (χ1v) is 5.63. The number of amides is 1. The molecule has 15 heavy (non-hydrogen) atoms. The molecule has 88 valence electrons. The predicted molar refractivity (Wildman–Crippen MR) is 54.8 cm³/mol. The van der Waals surface area contributed by atoms with Crippen LogP contribution in [-0.2, 0) is 4.79 Å². The zero-order valence-corrected chi connectivity index (χ0v) is 9.35. The van der Waals surface area contributed by atoms with Gasteiger partial charge in [-0.05, 0) is 19.8 Å². The summed E-state index contributed by atoms with van der Waals surface area (Å²) in [6.45, 7) is 3.95. The van der Waals surface area contributed by atoms with Crippen LogP contribution >= 0.6 is 0 Å². The van der Waals surface area contributed by atoms with E-state index in [-0.39, 0.29) is 24.8 Å². The van der Waals surface area contributed by atoms with Gasteiger partial charge >= 0.3 is 0 Å². The molecule has 0 heterocycles. The van der Waals surface area contributed by atoms with E-state index in [1.165, 1.54) is 0 Å². The second-order valence-electron chi connectivity index (χ2n) is 4.49. The Bertz CT molecular complexity index is 231. The molecule has 1 aliphatic carbocycles. The maximum atomic E-state index is 12.9. The van der Waals surface area contributed by atoms with Crippen molar-refractivity contribution in [2.75, 3.05) is 0 Å². The zero-order valence-electron chi connectivity index (χ0n) is 9.35. The molecule has 1 N–H and O–H groups in total. The number of carbonyl (C=O) groups excluding carboxylic acids is 1. The molecule has 0 aromatic heterocycles. The van der Waals surface area contributed by atoms with Gasteiger partial charge in [-0.2, -0.15) is 0 Å². The molecule has 0 aliphatic heterocycles. The van der Waals surface area contributed by atoms with E-state index in [0.717, 1.165) is 12.8 Å². The summed E-state index contributed by atoms with van der Waals surface area (Å²) in [5.74, 6) is -3.32. The highest BCUT2D eigenvalue weighted by Crippen LogP contribution is 2.38. The minimum Gasteiger partial charge on any atom is -0.353 e. The Morgan fingerprint density at radius 2 is 2.27 bits per heavy atom. The molecular weight excluding hydrogens is 200 g/mol. The number of rotatable bonds is 4. The lowest BCUT2D eigenvalue weighted by atomic mass is 10.1. The van der Waals surface area contributed by atoms with Crippen LogP contribution in [-0.4, -0.2) is 17.9 Å². The Hall–Kier alpha value is -0.670. The van der Waals surface area contributed by atoms with Gasteiger partial charge in [-0.15, -0.1) is 0 Å². The summed E-state index contributed by atoms with van der Waals surface area (Å²) >= 11 is 0. The molecule has 1 fully saturated rings.